The highest BCUT2D eigenvalue weighted by molar-refractivity contribution is 5.89. The van der Waals surface area contributed by atoms with Crippen molar-refractivity contribution >= 4 is 29.9 Å². The minimum atomic E-state index is -0.278. The van der Waals surface area contributed by atoms with E-state index >= 15 is 0 Å². The Bertz CT molecular complexity index is 2110. The van der Waals surface area contributed by atoms with E-state index in [1.807, 2.05) is 53.6 Å². The lowest BCUT2D eigenvalue weighted by molar-refractivity contribution is -0.122. The number of urea groups is 1. The number of benzene rings is 1. The molecule has 1 aromatic carbocycles. The van der Waals surface area contributed by atoms with Crippen molar-refractivity contribution in [3.05, 3.63) is 77.9 Å². The summed E-state index contributed by atoms with van der Waals surface area (Å²) in [6.07, 6.45) is 10.7. The van der Waals surface area contributed by atoms with Gasteiger partial charge in [-0.2, -0.15) is 10.2 Å². The number of hydrogen-bond donors (Lipinski definition) is 3. The number of amides is 2. The van der Waals surface area contributed by atoms with Crippen LogP contribution in [-0.2, 0) is 11.3 Å². The van der Waals surface area contributed by atoms with E-state index in [0.717, 1.165) is 105 Å². The zero-order chi connectivity index (χ0) is 40.1. The van der Waals surface area contributed by atoms with Crippen LogP contribution in [0.3, 0.4) is 0 Å². The normalized spacial score (nSPS) is 21.5. The van der Waals surface area contributed by atoms with Gasteiger partial charge in [-0.1, -0.05) is 38.1 Å². The first-order valence-corrected chi connectivity index (χ1v) is 20.2. The average Bonchev–Trinajstić information content (AvgIpc) is 3.95. The van der Waals surface area contributed by atoms with Crippen molar-refractivity contribution < 1.29 is 19.4 Å². The molecule has 16 nitrogen and oxygen atoms in total. The predicted octanol–water partition coefficient (Wildman–Crippen LogP) is 5.73. The first kappa shape index (κ1) is 39.7. The van der Waals surface area contributed by atoms with Gasteiger partial charge in [0.1, 0.15) is 23.4 Å². The number of ether oxygens (including phenoxy) is 1. The van der Waals surface area contributed by atoms with Crippen molar-refractivity contribution in [2.75, 3.05) is 50.0 Å². The summed E-state index contributed by atoms with van der Waals surface area (Å²) in [6.45, 7) is 14.6. The number of rotatable bonds is 10. The van der Waals surface area contributed by atoms with Gasteiger partial charge in [0.15, 0.2) is 5.65 Å². The Morgan fingerprint density at radius 3 is 2.44 bits per heavy atom. The van der Waals surface area contributed by atoms with Crippen molar-refractivity contribution in [1.29, 1.82) is 0 Å². The fourth-order valence-corrected chi connectivity index (χ4v) is 8.29. The second-order valence-electron chi connectivity index (χ2n) is 15.8. The highest BCUT2D eigenvalue weighted by Crippen LogP contribution is 2.39. The summed E-state index contributed by atoms with van der Waals surface area (Å²) in [7, 11) is 2.17. The molecule has 304 valence electrons. The lowest BCUT2D eigenvalue weighted by Gasteiger charge is -2.39. The monoisotopic (exact) mass is 780 g/mol. The second-order valence-corrected chi connectivity index (χ2v) is 15.8. The third-order valence-corrected chi connectivity index (χ3v) is 11.5. The van der Waals surface area contributed by atoms with E-state index in [2.05, 4.69) is 91.9 Å². The summed E-state index contributed by atoms with van der Waals surface area (Å²) in [6, 6.07) is 14.5. The van der Waals surface area contributed by atoms with Crippen LogP contribution in [0.4, 0.5) is 16.6 Å². The van der Waals surface area contributed by atoms with Crippen LogP contribution in [0.5, 0.6) is 5.75 Å². The maximum Gasteiger partial charge on any atom is 0.320 e. The standard InChI is InChI=1S/C40H54N12O2.CH2O2/c1-27(2)35-23-38(52(46-35)30-24-41-49(25-30)22-21-48-19-17-47(5)18-20-48)43-39(53)42-34-14-15-36(33-12-7-6-11-32(33)34)54-31-13-16-37-44-45-40(50(37)26-31)51-28(3)9-8-10-29(51)4;2-1-3/h6-7,11-13,16,23-29,34,36H,8-10,14-15,17-22H2,1-5H3,(H2,42,43,53);1H,(H,2,3)/t28-,29+,34-,36+;/m0./s1. The summed E-state index contributed by atoms with van der Waals surface area (Å²) in [5.74, 6) is 2.43. The molecule has 2 fully saturated rings. The second kappa shape index (κ2) is 17.8. The summed E-state index contributed by atoms with van der Waals surface area (Å²) in [5.41, 5.74) is 4.65. The first-order valence-electron chi connectivity index (χ1n) is 20.2. The number of carboxylic acid groups (broad SMARTS) is 1. The summed E-state index contributed by atoms with van der Waals surface area (Å²) in [5, 5.41) is 31.8. The van der Waals surface area contributed by atoms with E-state index in [1.54, 1.807) is 4.68 Å². The third-order valence-electron chi connectivity index (χ3n) is 11.5. The van der Waals surface area contributed by atoms with Crippen molar-refractivity contribution in [2.45, 2.75) is 96.5 Å². The summed E-state index contributed by atoms with van der Waals surface area (Å²) >= 11 is 0. The largest absolute Gasteiger partial charge is 0.484 e. The fraction of sp³-hybridized carbons (Fsp3) is 0.512. The molecule has 57 heavy (non-hydrogen) atoms. The van der Waals surface area contributed by atoms with E-state index in [4.69, 9.17) is 19.7 Å². The van der Waals surface area contributed by atoms with Gasteiger partial charge in [-0.05, 0) is 82.2 Å². The van der Waals surface area contributed by atoms with Gasteiger partial charge in [0.2, 0.25) is 5.95 Å². The van der Waals surface area contributed by atoms with Crippen molar-refractivity contribution in [2.24, 2.45) is 0 Å². The molecule has 2 aliphatic heterocycles. The molecule has 3 aliphatic rings. The van der Waals surface area contributed by atoms with Crippen LogP contribution >= 0.6 is 0 Å². The van der Waals surface area contributed by atoms with Crippen LogP contribution in [0.15, 0.2) is 61.1 Å². The maximum atomic E-state index is 13.7. The Balaban J connectivity index is 0.00000160. The van der Waals surface area contributed by atoms with Crippen LogP contribution in [0.2, 0.25) is 0 Å². The number of piperidine rings is 1. The Morgan fingerprint density at radius 1 is 0.965 bits per heavy atom. The van der Waals surface area contributed by atoms with E-state index < -0.39 is 0 Å². The Morgan fingerprint density at radius 2 is 1.70 bits per heavy atom. The van der Waals surface area contributed by atoms with Gasteiger partial charge in [-0.15, -0.1) is 10.2 Å². The Kier molecular flexibility index (Phi) is 12.4. The summed E-state index contributed by atoms with van der Waals surface area (Å²) in [4.78, 5) is 29.3. The fourth-order valence-electron chi connectivity index (χ4n) is 8.29. The molecule has 0 saturated carbocycles. The molecular weight excluding hydrogens is 725 g/mol. The topological polar surface area (TPSA) is 163 Å². The van der Waals surface area contributed by atoms with Gasteiger partial charge < -0.3 is 25.0 Å². The molecule has 4 aromatic heterocycles. The van der Waals surface area contributed by atoms with E-state index in [-0.39, 0.29) is 30.6 Å². The van der Waals surface area contributed by atoms with Crippen LogP contribution in [0, 0.1) is 0 Å². The van der Waals surface area contributed by atoms with Crippen molar-refractivity contribution in [3.63, 3.8) is 0 Å². The number of nitrogens with one attached hydrogen (secondary N) is 2. The van der Waals surface area contributed by atoms with Gasteiger partial charge >= 0.3 is 6.03 Å². The lowest BCUT2D eigenvalue weighted by atomic mass is 9.85. The Labute approximate surface area is 333 Å². The molecular formula is C41H56N12O4. The highest BCUT2D eigenvalue weighted by atomic mass is 16.5. The van der Waals surface area contributed by atoms with E-state index in [9.17, 15) is 4.79 Å². The van der Waals surface area contributed by atoms with Gasteiger partial charge in [0.25, 0.3) is 6.47 Å². The minimum Gasteiger partial charge on any atom is -0.484 e. The molecule has 0 unspecified atom stereocenters. The summed E-state index contributed by atoms with van der Waals surface area (Å²) < 4.78 is 12.5. The molecule has 2 amide bonds. The number of piperazine rings is 1. The Hall–Kier alpha value is -5.48. The zero-order valence-electron chi connectivity index (χ0n) is 33.7. The van der Waals surface area contributed by atoms with Gasteiger partial charge in [-0.3, -0.25) is 24.1 Å². The van der Waals surface area contributed by atoms with Crippen LogP contribution < -0.4 is 20.3 Å². The number of carbonyl (C=O) groups is 2. The molecule has 1 aliphatic carbocycles. The highest BCUT2D eigenvalue weighted by Gasteiger charge is 2.31. The molecule has 0 spiro atoms. The lowest BCUT2D eigenvalue weighted by Crippen LogP contribution is -2.45. The van der Waals surface area contributed by atoms with E-state index in [1.165, 1.54) is 6.42 Å². The van der Waals surface area contributed by atoms with E-state index in [0.29, 0.717) is 17.9 Å². The average molecular weight is 781 g/mol. The number of nitrogens with zero attached hydrogens (tertiary/aromatic N) is 10. The van der Waals surface area contributed by atoms with Crippen LogP contribution in [0.1, 0.15) is 94.7 Å². The molecule has 8 rings (SSSR count). The number of likely N-dealkylation sites (N-methyl/N-ethyl adjacent to an activating group) is 1. The van der Waals surface area contributed by atoms with Crippen molar-refractivity contribution in [1.82, 2.24) is 49.3 Å². The number of carbonyl (C=O) groups excluding carboxylic acids is 1. The predicted molar refractivity (Wildman–Crippen MR) is 218 cm³/mol. The molecule has 6 heterocycles. The van der Waals surface area contributed by atoms with Crippen LogP contribution in [0.25, 0.3) is 11.3 Å². The number of hydrogen-bond acceptors (Lipinski definition) is 10. The smallest absolute Gasteiger partial charge is 0.320 e. The van der Waals surface area contributed by atoms with Gasteiger partial charge in [-0.25, -0.2) is 9.48 Å². The minimum absolute atomic E-state index is 0.157. The SMILES string of the molecule is CC(C)c1cc(NC(=O)N[C@H]2CC[C@@H](Oc3ccc4nnc(N5[C@H](C)CCC[C@@H]5C)n4c3)c3ccccc32)n(-c2cnn(CCN3CCN(C)CC3)c2)n1.O=CO. The first-order chi connectivity index (χ1) is 27.6. The molecule has 4 atom stereocenters. The molecule has 16 heteroatoms. The molecule has 3 N–H and O–H groups in total. The third kappa shape index (κ3) is 9.07. The number of aromatic nitrogens is 7. The van der Waals surface area contributed by atoms with Gasteiger partial charge in [0, 0.05) is 50.9 Å². The quantitative estimate of drug-likeness (QED) is 0.149. The number of anilines is 2. The number of fused-ring (bicyclic) bond motifs is 2. The van der Waals surface area contributed by atoms with Crippen molar-refractivity contribution in [3.8, 4) is 11.4 Å². The zero-order valence-corrected chi connectivity index (χ0v) is 33.7. The molecule has 5 aromatic rings. The number of pyridine rings is 1. The van der Waals surface area contributed by atoms with Crippen LogP contribution in [-0.4, -0.2) is 113 Å². The molecule has 2 saturated heterocycles. The van der Waals surface area contributed by atoms with Gasteiger partial charge in [0.05, 0.1) is 36.9 Å². The maximum absolute atomic E-state index is 13.7. The molecule has 0 bridgehead atoms. The molecule has 0 radical (unpaired) electrons.